The number of hydrogen-bond donors (Lipinski definition) is 0. The lowest BCUT2D eigenvalue weighted by Gasteiger charge is -2.24. The molecule has 30 heavy (non-hydrogen) atoms. The van der Waals surface area contributed by atoms with Crippen molar-refractivity contribution in [3.63, 3.8) is 0 Å². The van der Waals surface area contributed by atoms with Gasteiger partial charge in [0.05, 0.1) is 16.3 Å². The molecule has 1 aromatic carbocycles. The second-order valence-corrected chi connectivity index (χ2v) is 8.79. The van der Waals surface area contributed by atoms with Crippen LogP contribution in [-0.2, 0) is 13.0 Å². The Morgan fingerprint density at radius 2 is 2.03 bits per heavy atom. The number of nitrogens with zero attached hydrogens (tertiary/aromatic N) is 4. The maximum Gasteiger partial charge on any atom is 0.141 e. The molecule has 0 amide bonds. The van der Waals surface area contributed by atoms with Gasteiger partial charge in [-0.25, -0.2) is 4.68 Å². The van der Waals surface area contributed by atoms with E-state index < -0.39 is 0 Å². The van der Waals surface area contributed by atoms with E-state index in [2.05, 4.69) is 71.9 Å². The first kappa shape index (κ1) is 19.3. The molecule has 1 atom stereocenters. The summed E-state index contributed by atoms with van der Waals surface area (Å²) in [6, 6.07) is 15.0. The van der Waals surface area contributed by atoms with Gasteiger partial charge in [0.1, 0.15) is 11.5 Å². The van der Waals surface area contributed by atoms with Gasteiger partial charge >= 0.3 is 0 Å². The van der Waals surface area contributed by atoms with Crippen molar-refractivity contribution in [3.05, 3.63) is 76.6 Å². The minimum Gasteiger partial charge on any atom is -0.361 e. The van der Waals surface area contributed by atoms with Crippen LogP contribution in [0, 0.1) is 6.92 Å². The Morgan fingerprint density at radius 1 is 1.17 bits per heavy atom. The summed E-state index contributed by atoms with van der Waals surface area (Å²) in [5, 5.41) is 11.4. The molecular weight excluding hydrogens is 392 g/mol. The van der Waals surface area contributed by atoms with Gasteiger partial charge in [0.25, 0.3) is 0 Å². The highest BCUT2D eigenvalue weighted by molar-refractivity contribution is 7.13. The zero-order valence-corrected chi connectivity index (χ0v) is 18.2. The normalized spacial score (nSPS) is 17.1. The Morgan fingerprint density at radius 3 is 2.80 bits per heavy atom. The summed E-state index contributed by atoms with van der Waals surface area (Å²) < 4.78 is 7.62. The van der Waals surface area contributed by atoms with E-state index in [-0.39, 0.29) is 0 Å². The minimum absolute atomic E-state index is 0.363. The van der Waals surface area contributed by atoms with E-state index in [9.17, 15) is 0 Å². The fourth-order valence-corrected chi connectivity index (χ4v) is 5.27. The summed E-state index contributed by atoms with van der Waals surface area (Å²) in [4.78, 5) is 3.79. The Balaban J connectivity index is 1.50. The average molecular weight is 419 g/mol. The molecule has 0 aliphatic carbocycles. The first-order valence-electron chi connectivity index (χ1n) is 10.6. The number of rotatable bonds is 6. The SMILES string of the molecule is CCc1onc(C)c1C1CCCN1Cc1cn(-c2ccccc2)nc1-c1cccs1. The quantitative estimate of drug-likeness (QED) is 0.397. The molecule has 154 valence electrons. The Hall–Kier alpha value is -2.70. The Labute approximate surface area is 180 Å². The fraction of sp³-hybridized carbons (Fsp3) is 0.333. The van der Waals surface area contributed by atoms with Crippen LogP contribution in [0.4, 0.5) is 0 Å². The lowest BCUT2D eigenvalue weighted by atomic mass is 10.0. The van der Waals surface area contributed by atoms with Crippen molar-refractivity contribution in [2.45, 2.75) is 45.7 Å². The number of benzene rings is 1. The van der Waals surface area contributed by atoms with Gasteiger partial charge < -0.3 is 4.52 Å². The molecule has 0 spiro atoms. The van der Waals surface area contributed by atoms with Gasteiger partial charge in [-0.2, -0.15) is 5.10 Å². The van der Waals surface area contributed by atoms with Gasteiger partial charge in [-0.15, -0.1) is 11.3 Å². The maximum atomic E-state index is 5.61. The lowest BCUT2D eigenvalue weighted by molar-refractivity contribution is 0.245. The van der Waals surface area contributed by atoms with E-state index in [4.69, 9.17) is 9.62 Å². The zero-order valence-electron chi connectivity index (χ0n) is 17.4. The third-order valence-corrected chi connectivity index (χ3v) is 6.82. The smallest absolute Gasteiger partial charge is 0.141 e. The van der Waals surface area contributed by atoms with Crippen molar-refractivity contribution in [2.24, 2.45) is 0 Å². The van der Waals surface area contributed by atoms with Crippen LogP contribution >= 0.6 is 11.3 Å². The molecule has 1 aliphatic rings. The van der Waals surface area contributed by atoms with Crippen molar-refractivity contribution in [1.82, 2.24) is 19.8 Å². The number of hydrogen-bond acceptors (Lipinski definition) is 5. The molecule has 1 unspecified atom stereocenters. The first-order valence-corrected chi connectivity index (χ1v) is 11.5. The summed E-state index contributed by atoms with van der Waals surface area (Å²) in [6.07, 6.45) is 5.42. The van der Waals surface area contributed by atoms with Crippen molar-refractivity contribution in [3.8, 4) is 16.3 Å². The standard InChI is InChI=1S/C24H26N4OS/c1-3-21-23(17(2)26-29-21)20-11-7-13-27(20)15-18-16-28(19-9-5-4-6-10-19)25-24(18)22-12-8-14-30-22/h4-6,8-10,12,14,16,20H,3,7,11,13,15H2,1-2H3. The third-order valence-electron chi connectivity index (χ3n) is 5.94. The second-order valence-electron chi connectivity index (χ2n) is 7.85. The Kier molecular flexibility index (Phi) is 5.27. The molecule has 3 aromatic heterocycles. The van der Waals surface area contributed by atoms with Crippen molar-refractivity contribution < 1.29 is 4.52 Å². The maximum absolute atomic E-state index is 5.61. The minimum atomic E-state index is 0.363. The molecular formula is C24H26N4OS. The highest BCUT2D eigenvalue weighted by atomic mass is 32.1. The average Bonchev–Trinajstić information content (AvgIpc) is 3.56. The van der Waals surface area contributed by atoms with E-state index >= 15 is 0 Å². The van der Waals surface area contributed by atoms with Gasteiger partial charge in [0, 0.05) is 36.3 Å². The molecule has 5 rings (SSSR count). The molecule has 0 saturated carbocycles. The monoisotopic (exact) mass is 418 g/mol. The van der Waals surface area contributed by atoms with Crippen LogP contribution in [0.15, 0.2) is 58.6 Å². The highest BCUT2D eigenvalue weighted by Gasteiger charge is 2.32. The van der Waals surface area contributed by atoms with Crippen LogP contribution in [0.25, 0.3) is 16.3 Å². The van der Waals surface area contributed by atoms with Gasteiger partial charge in [0.15, 0.2) is 0 Å². The van der Waals surface area contributed by atoms with Crippen LogP contribution in [0.1, 0.15) is 48.4 Å². The van der Waals surface area contributed by atoms with Crippen molar-refractivity contribution >= 4 is 11.3 Å². The number of aryl methyl sites for hydroxylation is 2. The van der Waals surface area contributed by atoms with Crippen molar-refractivity contribution in [2.75, 3.05) is 6.54 Å². The Bertz CT molecular complexity index is 1110. The van der Waals surface area contributed by atoms with Crippen LogP contribution in [0.2, 0.25) is 0 Å². The van der Waals surface area contributed by atoms with Crippen LogP contribution in [-0.4, -0.2) is 26.4 Å². The summed E-state index contributed by atoms with van der Waals surface area (Å²) in [5.41, 5.74) is 5.76. The number of thiophene rings is 1. The van der Waals surface area contributed by atoms with Gasteiger partial charge in [-0.3, -0.25) is 4.90 Å². The van der Waals surface area contributed by atoms with E-state index in [1.807, 2.05) is 10.7 Å². The predicted octanol–water partition coefficient (Wildman–Crippen LogP) is 5.80. The van der Waals surface area contributed by atoms with Gasteiger partial charge in [-0.05, 0) is 49.9 Å². The number of aromatic nitrogens is 3. The number of para-hydroxylation sites is 1. The van der Waals surface area contributed by atoms with Crippen LogP contribution in [0.3, 0.4) is 0 Å². The lowest BCUT2D eigenvalue weighted by Crippen LogP contribution is -2.23. The third kappa shape index (κ3) is 3.50. The van der Waals surface area contributed by atoms with Crippen LogP contribution < -0.4 is 0 Å². The van der Waals surface area contributed by atoms with Gasteiger partial charge in [-0.1, -0.05) is 36.3 Å². The molecule has 1 saturated heterocycles. The van der Waals surface area contributed by atoms with E-state index in [0.29, 0.717) is 6.04 Å². The summed E-state index contributed by atoms with van der Waals surface area (Å²) in [7, 11) is 0. The molecule has 4 heterocycles. The van der Waals surface area contributed by atoms with E-state index in [1.54, 1.807) is 11.3 Å². The zero-order chi connectivity index (χ0) is 20.5. The largest absolute Gasteiger partial charge is 0.361 e. The van der Waals surface area contributed by atoms with E-state index in [1.165, 1.54) is 22.4 Å². The topological polar surface area (TPSA) is 47.1 Å². The predicted molar refractivity (Wildman–Crippen MR) is 120 cm³/mol. The molecule has 6 heteroatoms. The number of likely N-dealkylation sites (tertiary alicyclic amines) is 1. The molecule has 5 nitrogen and oxygen atoms in total. The second kappa shape index (κ2) is 8.20. The fourth-order valence-electron chi connectivity index (χ4n) is 4.53. The summed E-state index contributed by atoms with van der Waals surface area (Å²) in [5.74, 6) is 1.03. The van der Waals surface area contributed by atoms with Crippen molar-refractivity contribution in [1.29, 1.82) is 0 Å². The molecule has 1 fully saturated rings. The van der Waals surface area contributed by atoms with E-state index in [0.717, 1.165) is 48.8 Å². The highest BCUT2D eigenvalue weighted by Crippen LogP contribution is 2.38. The first-order chi connectivity index (χ1) is 14.7. The molecule has 0 N–H and O–H groups in total. The summed E-state index contributed by atoms with van der Waals surface area (Å²) >= 11 is 1.74. The molecule has 1 aliphatic heterocycles. The molecule has 4 aromatic rings. The molecule has 0 bridgehead atoms. The van der Waals surface area contributed by atoms with Gasteiger partial charge in [0.2, 0.25) is 0 Å². The van der Waals surface area contributed by atoms with Crippen LogP contribution in [0.5, 0.6) is 0 Å². The summed E-state index contributed by atoms with van der Waals surface area (Å²) in [6.45, 7) is 6.16. The molecule has 0 radical (unpaired) electrons.